The number of amides is 1. The monoisotopic (exact) mass is 304 g/mol. The van der Waals surface area contributed by atoms with Gasteiger partial charge in [-0.05, 0) is 42.0 Å². The third kappa shape index (κ3) is 4.92. The molecule has 1 amide bonds. The van der Waals surface area contributed by atoms with Crippen LogP contribution in [0.5, 0.6) is 5.75 Å². The van der Waals surface area contributed by atoms with Gasteiger partial charge in [-0.15, -0.1) is 11.8 Å². The Kier molecular flexibility index (Phi) is 5.34. The molecule has 2 N–H and O–H groups in total. The van der Waals surface area contributed by atoms with Gasteiger partial charge in [0.15, 0.2) is 0 Å². The number of rotatable bonds is 5. The van der Waals surface area contributed by atoms with Crippen LogP contribution in [0, 0.1) is 5.82 Å². The predicted octanol–water partition coefficient (Wildman–Crippen LogP) is 2.77. The van der Waals surface area contributed by atoms with Crippen molar-refractivity contribution in [1.29, 1.82) is 0 Å². The summed E-state index contributed by atoms with van der Waals surface area (Å²) in [5, 5.41) is 12.9. The summed E-state index contributed by atoms with van der Waals surface area (Å²) in [4.78, 5) is 12.0. The minimum absolute atomic E-state index is 0.0772. The standard InChI is InChI=1S/C15H13FN2O2S/c16-13-3-1-2-4-14(13)21-10-15(20)18-17-9-11-5-7-12(19)8-6-11/h1-9,19H,10H2,(H,18,20)/b17-9+. The lowest BCUT2D eigenvalue weighted by molar-refractivity contribution is -0.118. The number of hydrazone groups is 1. The number of phenols is 1. The zero-order valence-electron chi connectivity index (χ0n) is 11.0. The molecule has 0 aromatic heterocycles. The Morgan fingerprint density at radius 3 is 2.67 bits per heavy atom. The van der Waals surface area contributed by atoms with E-state index < -0.39 is 0 Å². The molecule has 108 valence electrons. The van der Waals surface area contributed by atoms with E-state index in [9.17, 15) is 9.18 Å². The van der Waals surface area contributed by atoms with Gasteiger partial charge in [0.05, 0.1) is 12.0 Å². The fraction of sp³-hybridized carbons (Fsp3) is 0.0667. The van der Waals surface area contributed by atoms with Gasteiger partial charge in [-0.25, -0.2) is 9.82 Å². The van der Waals surface area contributed by atoms with Crippen molar-refractivity contribution in [3.8, 4) is 5.75 Å². The first-order valence-corrected chi connectivity index (χ1v) is 7.12. The zero-order chi connectivity index (χ0) is 15.1. The van der Waals surface area contributed by atoms with Crippen molar-refractivity contribution in [2.75, 3.05) is 5.75 Å². The van der Waals surface area contributed by atoms with Crippen LogP contribution in [-0.4, -0.2) is 23.0 Å². The minimum atomic E-state index is -0.345. The molecule has 0 atom stereocenters. The number of nitrogens with one attached hydrogen (secondary N) is 1. The van der Waals surface area contributed by atoms with Crippen LogP contribution in [0.4, 0.5) is 4.39 Å². The Hall–Kier alpha value is -2.34. The maximum atomic E-state index is 13.3. The molecule has 0 aliphatic heterocycles. The van der Waals surface area contributed by atoms with Crippen LogP contribution in [0.1, 0.15) is 5.56 Å². The smallest absolute Gasteiger partial charge is 0.250 e. The van der Waals surface area contributed by atoms with E-state index >= 15 is 0 Å². The predicted molar refractivity (Wildman–Crippen MR) is 81.0 cm³/mol. The maximum absolute atomic E-state index is 13.3. The average Bonchev–Trinajstić information content (AvgIpc) is 2.48. The lowest BCUT2D eigenvalue weighted by Crippen LogP contribution is -2.19. The highest BCUT2D eigenvalue weighted by atomic mass is 32.2. The van der Waals surface area contributed by atoms with E-state index in [1.165, 1.54) is 24.4 Å². The number of benzene rings is 2. The number of aromatic hydroxyl groups is 1. The summed E-state index contributed by atoms with van der Waals surface area (Å²) in [5.74, 6) is -0.424. The molecule has 0 bridgehead atoms. The fourth-order valence-corrected chi connectivity index (χ4v) is 2.21. The highest BCUT2D eigenvalue weighted by molar-refractivity contribution is 8.00. The van der Waals surface area contributed by atoms with Crippen molar-refractivity contribution in [2.45, 2.75) is 4.90 Å². The molecule has 0 spiro atoms. The van der Waals surface area contributed by atoms with Crippen molar-refractivity contribution < 1.29 is 14.3 Å². The zero-order valence-corrected chi connectivity index (χ0v) is 11.8. The van der Waals surface area contributed by atoms with Gasteiger partial charge in [-0.2, -0.15) is 5.10 Å². The third-order valence-electron chi connectivity index (χ3n) is 2.49. The van der Waals surface area contributed by atoms with Gasteiger partial charge in [0.25, 0.3) is 0 Å². The van der Waals surface area contributed by atoms with Gasteiger partial charge < -0.3 is 5.11 Å². The maximum Gasteiger partial charge on any atom is 0.250 e. The Balaban J connectivity index is 1.80. The number of nitrogens with zero attached hydrogens (tertiary/aromatic N) is 1. The second-order valence-electron chi connectivity index (χ2n) is 4.10. The molecule has 0 fully saturated rings. The molecule has 0 aliphatic rings. The number of hydrogen-bond acceptors (Lipinski definition) is 4. The van der Waals surface area contributed by atoms with Crippen LogP contribution in [0.15, 0.2) is 58.5 Å². The first-order chi connectivity index (χ1) is 10.1. The number of phenolic OH excluding ortho intramolecular Hbond substituents is 1. The largest absolute Gasteiger partial charge is 0.508 e. The molecule has 2 aromatic rings. The molecule has 21 heavy (non-hydrogen) atoms. The second-order valence-corrected chi connectivity index (χ2v) is 5.12. The van der Waals surface area contributed by atoms with Crippen LogP contribution in [0.3, 0.4) is 0 Å². The summed E-state index contributed by atoms with van der Waals surface area (Å²) >= 11 is 1.11. The van der Waals surface area contributed by atoms with Gasteiger partial charge in [0.1, 0.15) is 11.6 Å². The van der Waals surface area contributed by atoms with E-state index in [0.717, 1.165) is 17.3 Å². The molecular formula is C15H13FN2O2S. The molecule has 2 aromatic carbocycles. The molecule has 0 saturated carbocycles. The van der Waals surface area contributed by atoms with Crippen molar-refractivity contribution in [1.82, 2.24) is 5.43 Å². The molecule has 2 rings (SSSR count). The fourth-order valence-electron chi connectivity index (χ4n) is 1.48. The second kappa shape index (κ2) is 7.44. The van der Waals surface area contributed by atoms with Crippen LogP contribution >= 0.6 is 11.8 Å². The highest BCUT2D eigenvalue weighted by Crippen LogP contribution is 2.20. The molecule has 4 nitrogen and oxygen atoms in total. The van der Waals surface area contributed by atoms with Crippen molar-refractivity contribution in [3.63, 3.8) is 0 Å². The van der Waals surface area contributed by atoms with E-state index in [1.807, 2.05) is 0 Å². The van der Waals surface area contributed by atoms with E-state index in [2.05, 4.69) is 10.5 Å². The van der Waals surface area contributed by atoms with Crippen LogP contribution in [0.25, 0.3) is 0 Å². The summed E-state index contributed by atoms with van der Waals surface area (Å²) in [5.41, 5.74) is 3.11. The van der Waals surface area contributed by atoms with Crippen molar-refractivity contribution in [3.05, 3.63) is 59.9 Å². The van der Waals surface area contributed by atoms with Gasteiger partial charge in [0.2, 0.25) is 5.91 Å². The lowest BCUT2D eigenvalue weighted by Gasteiger charge is -2.02. The van der Waals surface area contributed by atoms with Crippen molar-refractivity contribution in [2.24, 2.45) is 5.10 Å². The molecular weight excluding hydrogens is 291 g/mol. The number of carbonyl (C=O) groups excluding carboxylic acids is 1. The summed E-state index contributed by atoms with van der Waals surface area (Å²) in [6, 6.07) is 12.7. The first kappa shape index (κ1) is 15.1. The molecule has 0 aliphatic carbocycles. The number of carbonyl (C=O) groups is 1. The Labute approximate surface area is 125 Å². The highest BCUT2D eigenvalue weighted by Gasteiger charge is 2.05. The van der Waals surface area contributed by atoms with E-state index in [-0.39, 0.29) is 23.2 Å². The third-order valence-corrected chi connectivity index (χ3v) is 3.54. The van der Waals surface area contributed by atoms with Gasteiger partial charge >= 0.3 is 0 Å². The molecule has 0 heterocycles. The van der Waals surface area contributed by atoms with Crippen LogP contribution in [-0.2, 0) is 4.79 Å². The average molecular weight is 304 g/mol. The van der Waals surface area contributed by atoms with E-state index in [0.29, 0.717) is 4.90 Å². The van der Waals surface area contributed by atoms with Gasteiger partial charge in [0, 0.05) is 4.90 Å². The Morgan fingerprint density at radius 1 is 1.24 bits per heavy atom. The lowest BCUT2D eigenvalue weighted by atomic mass is 10.2. The SMILES string of the molecule is O=C(CSc1ccccc1F)N/N=C/c1ccc(O)cc1. The Bertz CT molecular complexity index is 644. The van der Waals surface area contributed by atoms with Gasteiger partial charge in [-0.3, -0.25) is 4.79 Å². The first-order valence-electron chi connectivity index (χ1n) is 6.13. The quantitative estimate of drug-likeness (QED) is 0.507. The molecule has 0 saturated heterocycles. The Morgan fingerprint density at radius 2 is 1.95 bits per heavy atom. The number of thioether (sulfide) groups is 1. The molecule has 0 unspecified atom stereocenters. The molecule has 6 heteroatoms. The topological polar surface area (TPSA) is 61.7 Å². The van der Waals surface area contributed by atoms with Crippen molar-refractivity contribution >= 4 is 23.9 Å². The van der Waals surface area contributed by atoms with Crippen LogP contribution < -0.4 is 5.43 Å². The normalized spacial score (nSPS) is 10.7. The summed E-state index contributed by atoms with van der Waals surface area (Å²) in [6.45, 7) is 0. The van der Waals surface area contributed by atoms with E-state index in [1.54, 1.807) is 30.3 Å². The number of halogens is 1. The summed E-state index contributed by atoms with van der Waals surface area (Å²) in [6.07, 6.45) is 1.46. The van der Waals surface area contributed by atoms with Gasteiger partial charge in [-0.1, -0.05) is 12.1 Å². The number of hydrogen-bond donors (Lipinski definition) is 2. The summed E-state index contributed by atoms with van der Waals surface area (Å²) in [7, 11) is 0. The minimum Gasteiger partial charge on any atom is -0.508 e. The summed E-state index contributed by atoms with van der Waals surface area (Å²) < 4.78 is 13.3. The van der Waals surface area contributed by atoms with Crippen LogP contribution in [0.2, 0.25) is 0 Å². The van der Waals surface area contributed by atoms with E-state index in [4.69, 9.17) is 5.11 Å². The molecule has 0 radical (unpaired) electrons.